The van der Waals surface area contributed by atoms with Crippen molar-refractivity contribution in [2.24, 2.45) is 0 Å². The summed E-state index contributed by atoms with van der Waals surface area (Å²) in [4.78, 5) is 2.50. The zero-order valence-electron chi connectivity index (χ0n) is 7.66. The SMILES string of the molecule is CC[C@@H]1CN2CCOC[C@H]2CO1. The van der Waals surface area contributed by atoms with Gasteiger partial charge in [0, 0.05) is 13.1 Å². The molecule has 0 aromatic heterocycles. The highest BCUT2D eigenvalue weighted by atomic mass is 16.5. The second kappa shape index (κ2) is 3.73. The lowest BCUT2D eigenvalue weighted by atomic mass is 10.1. The summed E-state index contributed by atoms with van der Waals surface area (Å²) in [5.41, 5.74) is 0. The summed E-state index contributed by atoms with van der Waals surface area (Å²) in [6, 6.07) is 0.529. The number of morpholine rings is 2. The maximum Gasteiger partial charge on any atom is 0.0700 e. The number of ether oxygens (including phenoxy) is 2. The Morgan fingerprint density at radius 2 is 2.33 bits per heavy atom. The number of hydrogen-bond acceptors (Lipinski definition) is 3. The molecule has 2 atom stereocenters. The van der Waals surface area contributed by atoms with Crippen LogP contribution in [0.5, 0.6) is 0 Å². The van der Waals surface area contributed by atoms with Gasteiger partial charge >= 0.3 is 0 Å². The van der Waals surface area contributed by atoms with Gasteiger partial charge in [0.05, 0.1) is 32.0 Å². The molecule has 0 aliphatic carbocycles. The van der Waals surface area contributed by atoms with Crippen LogP contribution >= 0.6 is 0 Å². The predicted octanol–water partition coefficient (Wildman–Crippen LogP) is 0.496. The quantitative estimate of drug-likeness (QED) is 0.573. The van der Waals surface area contributed by atoms with Crippen molar-refractivity contribution in [3.63, 3.8) is 0 Å². The van der Waals surface area contributed by atoms with Gasteiger partial charge in [-0.3, -0.25) is 4.90 Å². The van der Waals surface area contributed by atoms with Gasteiger partial charge in [-0.25, -0.2) is 0 Å². The van der Waals surface area contributed by atoms with Gasteiger partial charge in [-0.2, -0.15) is 0 Å². The summed E-state index contributed by atoms with van der Waals surface area (Å²) in [5.74, 6) is 0. The highest BCUT2D eigenvalue weighted by Gasteiger charge is 2.30. The van der Waals surface area contributed by atoms with Crippen LogP contribution in [0.15, 0.2) is 0 Å². The molecule has 2 heterocycles. The van der Waals surface area contributed by atoms with E-state index in [2.05, 4.69) is 11.8 Å². The summed E-state index contributed by atoms with van der Waals surface area (Å²) >= 11 is 0. The van der Waals surface area contributed by atoms with Crippen molar-refractivity contribution < 1.29 is 9.47 Å². The van der Waals surface area contributed by atoms with Gasteiger partial charge in [0.1, 0.15) is 0 Å². The van der Waals surface area contributed by atoms with E-state index in [0.717, 1.165) is 39.3 Å². The Balaban J connectivity index is 1.90. The largest absolute Gasteiger partial charge is 0.378 e. The van der Waals surface area contributed by atoms with Crippen LogP contribution in [0.2, 0.25) is 0 Å². The molecule has 0 N–H and O–H groups in total. The van der Waals surface area contributed by atoms with Crippen LogP contribution in [0.25, 0.3) is 0 Å². The number of hydrogen-bond donors (Lipinski definition) is 0. The zero-order valence-corrected chi connectivity index (χ0v) is 7.66. The number of nitrogens with zero attached hydrogens (tertiary/aromatic N) is 1. The van der Waals surface area contributed by atoms with Crippen LogP contribution in [0, 0.1) is 0 Å². The fraction of sp³-hybridized carbons (Fsp3) is 1.00. The minimum atomic E-state index is 0.458. The van der Waals surface area contributed by atoms with Gasteiger partial charge in [-0.05, 0) is 6.42 Å². The molecule has 2 saturated heterocycles. The van der Waals surface area contributed by atoms with E-state index in [1.165, 1.54) is 0 Å². The molecule has 70 valence electrons. The van der Waals surface area contributed by atoms with E-state index in [-0.39, 0.29) is 0 Å². The molecule has 0 unspecified atom stereocenters. The van der Waals surface area contributed by atoms with E-state index < -0.39 is 0 Å². The average molecular weight is 171 g/mol. The van der Waals surface area contributed by atoms with Crippen molar-refractivity contribution in [3.8, 4) is 0 Å². The van der Waals surface area contributed by atoms with Gasteiger partial charge in [-0.1, -0.05) is 6.92 Å². The first-order valence-corrected chi connectivity index (χ1v) is 4.83. The van der Waals surface area contributed by atoms with Crippen LogP contribution in [0.1, 0.15) is 13.3 Å². The first kappa shape index (κ1) is 8.48. The Hall–Kier alpha value is -0.120. The van der Waals surface area contributed by atoms with E-state index in [1.54, 1.807) is 0 Å². The van der Waals surface area contributed by atoms with Crippen LogP contribution in [0.4, 0.5) is 0 Å². The van der Waals surface area contributed by atoms with Crippen LogP contribution in [-0.2, 0) is 9.47 Å². The highest BCUT2D eigenvalue weighted by molar-refractivity contribution is 4.81. The minimum absolute atomic E-state index is 0.458. The molecule has 3 heteroatoms. The Morgan fingerprint density at radius 1 is 1.42 bits per heavy atom. The van der Waals surface area contributed by atoms with Crippen LogP contribution in [0.3, 0.4) is 0 Å². The van der Waals surface area contributed by atoms with Crippen LogP contribution < -0.4 is 0 Å². The third-order valence-corrected chi connectivity index (χ3v) is 2.77. The molecule has 2 rings (SSSR count). The zero-order chi connectivity index (χ0) is 8.39. The summed E-state index contributed by atoms with van der Waals surface area (Å²) < 4.78 is 11.1. The van der Waals surface area contributed by atoms with Gasteiger partial charge < -0.3 is 9.47 Å². The Morgan fingerprint density at radius 3 is 3.17 bits per heavy atom. The van der Waals surface area contributed by atoms with Gasteiger partial charge in [0.25, 0.3) is 0 Å². The average Bonchev–Trinajstić information content (AvgIpc) is 2.17. The second-order valence-corrected chi connectivity index (χ2v) is 3.59. The summed E-state index contributed by atoms with van der Waals surface area (Å²) in [7, 11) is 0. The van der Waals surface area contributed by atoms with Crippen molar-refractivity contribution in [1.29, 1.82) is 0 Å². The highest BCUT2D eigenvalue weighted by Crippen LogP contribution is 2.16. The number of rotatable bonds is 1. The van der Waals surface area contributed by atoms with Gasteiger partial charge in [-0.15, -0.1) is 0 Å². The van der Waals surface area contributed by atoms with Crippen molar-refractivity contribution in [2.45, 2.75) is 25.5 Å². The molecule has 0 aromatic rings. The molecule has 3 nitrogen and oxygen atoms in total. The Kier molecular flexibility index (Phi) is 2.63. The van der Waals surface area contributed by atoms with Crippen molar-refractivity contribution in [3.05, 3.63) is 0 Å². The van der Waals surface area contributed by atoms with Crippen LogP contribution in [-0.4, -0.2) is 50.0 Å². The van der Waals surface area contributed by atoms with E-state index in [9.17, 15) is 0 Å². The van der Waals surface area contributed by atoms with Crippen molar-refractivity contribution in [2.75, 3.05) is 32.9 Å². The third-order valence-electron chi connectivity index (χ3n) is 2.77. The lowest BCUT2D eigenvalue weighted by molar-refractivity contribution is -0.116. The van der Waals surface area contributed by atoms with E-state index >= 15 is 0 Å². The fourth-order valence-electron chi connectivity index (χ4n) is 1.89. The third kappa shape index (κ3) is 1.63. The molecule has 2 aliphatic heterocycles. The Bertz CT molecular complexity index is 151. The molecule has 0 amide bonds. The molecule has 0 bridgehead atoms. The first-order chi connectivity index (χ1) is 5.90. The normalized spacial score (nSPS) is 37.8. The standard InChI is InChI=1S/C9H17NO2/c1-2-9-5-10-3-4-11-6-8(10)7-12-9/h8-9H,2-7H2,1H3/t8-,9+/m0/s1. The molecule has 0 saturated carbocycles. The van der Waals surface area contributed by atoms with E-state index in [4.69, 9.17) is 9.47 Å². The van der Waals surface area contributed by atoms with Gasteiger partial charge in [0.15, 0.2) is 0 Å². The topological polar surface area (TPSA) is 21.7 Å². The fourth-order valence-corrected chi connectivity index (χ4v) is 1.89. The number of fused-ring (bicyclic) bond motifs is 1. The summed E-state index contributed by atoms with van der Waals surface area (Å²) in [6.07, 6.45) is 1.59. The lowest BCUT2D eigenvalue weighted by Crippen LogP contribution is -2.55. The maximum absolute atomic E-state index is 5.67. The maximum atomic E-state index is 5.67. The van der Waals surface area contributed by atoms with E-state index in [0.29, 0.717) is 12.1 Å². The molecule has 2 aliphatic rings. The smallest absolute Gasteiger partial charge is 0.0700 e. The molecule has 0 spiro atoms. The summed E-state index contributed by atoms with van der Waals surface area (Å²) in [6.45, 7) is 6.99. The predicted molar refractivity (Wildman–Crippen MR) is 46.2 cm³/mol. The molecular formula is C9H17NO2. The molecule has 0 aromatic carbocycles. The van der Waals surface area contributed by atoms with Crippen molar-refractivity contribution >= 4 is 0 Å². The lowest BCUT2D eigenvalue weighted by Gasteiger charge is -2.41. The molecule has 0 radical (unpaired) electrons. The Labute approximate surface area is 73.6 Å². The second-order valence-electron chi connectivity index (χ2n) is 3.59. The molecular weight excluding hydrogens is 154 g/mol. The summed E-state index contributed by atoms with van der Waals surface area (Å²) in [5, 5.41) is 0. The minimum Gasteiger partial charge on any atom is -0.378 e. The molecule has 12 heavy (non-hydrogen) atoms. The van der Waals surface area contributed by atoms with Crippen molar-refractivity contribution in [1.82, 2.24) is 4.90 Å². The van der Waals surface area contributed by atoms with Gasteiger partial charge in [0.2, 0.25) is 0 Å². The van der Waals surface area contributed by atoms with E-state index in [1.807, 2.05) is 0 Å². The monoisotopic (exact) mass is 171 g/mol. The first-order valence-electron chi connectivity index (χ1n) is 4.83. The molecule has 2 fully saturated rings.